The van der Waals surface area contributed by atoms with E-state index < -0.39 is 47.5 Å². The van der Waals surface area contributed by atoms with E-state index in [-0.39, 0.29) is 36.7 Å². The minimum Gasteiger partial charge on any atom is -0.493 e. The van der Waals surface area contributed by atoms with Crippen LogP contribution >= 0.6 is 23.6 Å². The number of benzene rings is 4. The van der Waals surface area contributed by atoms with Crippen molar-refractivity contribution in [2.24, 2.45) is 28.7 Å². The number of isothiocyanates is 1. The summed E-state index contributed by atoms with van der Waals surface area (Å²) in [5.74, 6) is -2.06. The number of ether oxygens (including phenoxy) is 8. The standard InChI is InChI=1S/C54H52N2O14S2/c1-3-46(57)65-31-5-29-63-40-19-23-42(24-20-40)67-51(59)35-7-11-37(12-8-35)53(61)69-44-27-28-45(49-48(44)56-50(72-49)34-15-17-39(18-16-34)55-33-71)70-54(62)38-13-9-36(10-14-38)52(60)68-43-25-21-41(22-26-43)64-30-6-32-66-47(58)4-2/h3-4,15-28,35-38H,1-2,5-14,29-32H2. The number of hydrogen-bond acceptors (Lipinski definition) is 18. The topological polar surface area (TPSA) is 202 Å². The van der Waals surface area contributed by atoms with E-state index in [1.54, 1.807) is 72.8 Å². The quantitative estimate of drug-likeness (QED) is 0.0158. The molecule has 0 aliphatic heterocycles. The molecule has 0 saturated heterocycles. The van der Waals surface area contributed by atoms with Gasteiger partial charge in [-0.25, -0.2) is 14.6 Å². The second kappa shape index (κ2) is 26.1. The van der Waals surface area contributed by atoms with E-state index >= 15 is 0 Å². The van der Waals surface area contributed by atoms with E-state index in [9.17, 15) is 28.8 Å². The average Bonchev–Trinajstić information content (AvgIpc) is 3.87. The number of thiazole rings is 1. The van der Waals surface area contributed by atoms with Gasteiger partial charge in [0.1, 0.15) is 38.2 Å². The Kier molecular flexibility index (Phi) is 18.9. The predicted octanol–water partition coefficient (Wildman–Crippen LogP) is 10.3. The zero-order chi connectivity index (χ0) is 50.8. The summed E-state index contributed by atoms with van der Waals surface area (Å²) in [5.41, 5.74) is 1.71. The molecule has 0 amide bonds. The first-order valence-electron chi connectivity index (χ1n) is 23.5. The van der Waals surface area contributed by atoms with Crippen molar-refractivity contribution in [3.05, 3.63) is 110 Å². The third kappa shape index (κ3) is 14.8. The lowest BCUT2D eigenvalue weighted by Gasteiger charge is -2.26. The summed E-state index contributed by atoms with van der Waals surface area (Å²) in [5, 5.41) is 2.94. The van der Waals surface area contributed by atoms with Crippen LogP contribution in [-0.2, 0) is 38.2 Å². The number of hydrogen-bond donors (Lipinski definition) is 0. The molecule has 2 fully saturated rings. The van der Waals surface area contributed by atoms with Crippen molar-refractivity contribution in [3.8, 4) is 45.1 Å². The van der Waals surface area contributed by atoms with Gasteiger partial charge in [0.2, 0.25) is 0 Å². The molecule has 18 heteroatoms. The Morgan fingerprint density at radius 1 is 0.556 bits per heavy atom. The van der Waals surface area contributed by atoms with Gasteiger partial charge >= 0.3 is 35.8 Å². The molecule has 0 spiro atoms. The molecule has 5 aromatic rings. The SMILES string of the molecule is C=CC(=O)OCCCOc1ccc(OC(=O)C2CCC(C(=O)Oc3ccc(OC(=O)C4CCC(C(=O)Oc5ccc(OCCCOC(=O)C=C)cc5)CC4)c4sc(-c5ccc(N=C=S)cc5)nc34)CC2)cc1. The molecular formula is C54H52N2O14S2. The molecule has 374 valence electrons. The molecule has 2 aliphatic carbocycles. The van der Waals surface area contributed by atoms with Crippen molar-refractivity contribution >= 4 is 80.4 Å². The maximum absolute atomic E-state index is 13.7. The lowest BCUT2D eigenvalue weighted by Crippen LogP contribution is -2.30. The molecule has 0 bridgehead atoms. The third-order valence-corrected chi connectivity index (χ3v) is 13.2. The minimum absolute atomic E-state index is 0.203. The lowest BCUT2D eigenvalue weighted by atomic mass is 9.82. The van der Waals surface area contributed by atoms with Crippen molar-refractivity contribution < 1.29 is 66.7 Å². The number of aromatic nitrogens is 1. The van der Waals surface area contributed by atoms with Crippen LogP contribution in [0.3, 0.4) is 0 Å². The van der Waals surface area contributed by atoms with Crippen molar-refractivity contribution in [1.29, 1.82) is 0 Å². The molecule has 0 atom stereocenters. The van der Waals surface area contributed by atoms with Gasteiger partial charge in [-0.05, 0) is 149 Å². The van der Waals surface area contributed by atoms with E-state index in [0.717, 1.165) is 17.7 Å². The summed E-state index contributed by atoms with van der Waals surface area (Å²) < 4.78 is 45.1. The van der Waals surface area contributed by atoms with E-state index in [1.165, 1.54) is 11.3 Å². The van der Waals surface area contributed by atoms with E-state index in [1.807, 2.05) is 12.1 Å². The number of thiocarbonyl (C=S) groups is 1. The average molecular weight is 1020 g/mol. The Bertz CT molecular complexity index is 2630. The fraction of sp³-hybridized carbons (Fsp3) is 0.333. The van der Waals surface area contributed by atoms with Crippen LogP contribution in [0.4, 0.5) is 5.69 Å². The van der Waals surface area contributed by atoms with Gasteiger partial charge < -0.3 is 37.9 Å². The highest BCUT2D eigenvalue weighted by Crippen LogP contribution is 2.43. The van der Waals surface area contributed by atoms with Crippen LogP contribution < -0.4 is 28.4 Å². The molecule has 16 nitrogen and oxygen atoms in total. The molecule has 72 heavy (non-hydrogen) atoms. The first-order valence-corrected chi connectivity index (χ1v) is 24.7. The number of aliphatic imine (C=N–C) groups is 1. The van der Waals surface area contributed by atoms with Gasteiger partial charge in [0.25, 0.3) is 0 Å². The Morgan fingerprint density at radius 2 is 0.958 bits per heavy atom. The molecule has 2 saturated carbocycles. The molecule has 1 aromatic heterocycles. The molecule has 0 unspecified atom stereocenters. The number of fused-ring (bicyclic) bond motifs is 1. The Labute approximate surface area is 424 Å². The number of carbonyl (C=O) groups is 6. The zero-order valence-electron chi connectivity index (χ0n) is 39.3. The highest BCUT2D eigenvalue weighted by Gasteiger charge is 2.35. The minimum atomic E-state index is -0.491. The van der Waals surface area contributed by atoms with Gasteiger partial charge in [-0.1, -0.05) is 13.2 Å². The zero-order valence-corrected chi connectivity index (χ0v) is 40.9. The molecule has 1 heterocycles. The molecule has 0 N–H and O–H groups in total. The maximum Gasteiger partial charge on any atom is 0.330 e. The summed E-state index contributed by atoms with van der Waals surface area (Å²) in [4.78, 5) is 84.9. The Hall–Kier alpha value is -7.53. The second-order valence-corrected chi connectivity index (χ2v) is 18.1. The Balaban J connectivity index is 0.920. The van der Waals surface area contributed by atoms with Gasteiger partial charge in [-0.3, -0.25) is 19.2 Å². The summed E-state index contributed by atoms with van der Waals surface area (Å²) in [6.45, 7) is 7.79. The third-order valence-electron chi connectivity index (χ3n) is 12.0. The second-order valence-electron chi connectivity index (χ2n) is 16.9. The van der Waals surface area contributed by atoms with E-state index in [4.69, 9.17) is 55.1 Å². The fourth-order valence-electron chi connectivity index (χ4n) is 8.06. The molecule has 2 aliphatic rings. The van der Waals surface area contributed by atoms with Crippen LogP contribution in [0.2, 0.25) is 0 Å². The lowest BCUT2D eigenvalue weighted by molar-refractivity contribution is -0.145. The van der Waals surface area contributed by atoms with Crippen LogP contribution in [0, 0.1) is 23.7 Å². The fourth-order valence-corrected chi connectivity index (χ4v) is 9.20. The normalized spacial score (nSPS) is 17.2. The van der Waals surface area contributed by atoms with Crippen LogP contribution in [0.15, 0.2) is 115 Å². The van der Waals surface area contributed by atoms with Gasteiger partial charge in [0.05, 0.1) is 60.9 Å². The summed E-state index contributed by atoms with van der Waals surface area (Å²) in [6, 6.07) is 23.7. The van der Waals surface area contributed by atoms with Crippen LogP contribution in [0.25, 0.3) is 20.8 Å². The van der Waals surface area contributed by atoms with Crippen LogP contribution in [0.5, 0.6) is 34.5 Å². The van der Waals surface area contributed by atoms with Crippen molar-refractivity contribution in [2.45, 2.75) is 64.2 Å². The van der Waals surface area contributed by atoms with Crippen molar-refractivity contribution in [1.82, 2.24) is 4.98 Å². The summed E-state index contributed by atoms with van der Waals surface area (Å²) >= 11 is 6.03. The van der Waals surface area contributed by atoms with Crippen molar-refractivity contribution in [2.75, 3.05) is 26.4 Å². The van der Waals surface area contributed by atoms with Gasteiger partial charge in [-0.2, -0.15) is 4.99 Å². The summed E-state index contributed by atoms with van der Waals surface area (Å²) in [6.07, 6.45) is 6.58. The van der Waals surface area contributed by atoms with Crippen LogP contribution in [0.1, 0.15) is 64.2 Å². The number of nitrogens with zero attached hydrogens (tertiary/aromatic N) is 2. The van der Waals surface area contributed by atoms with Crippen molar-refractivity contribution in [3.63, 3.8) is 0 Å². The molecule has 0 radical (unpaired) electrons. The van der Waals surface area contributed by atoms with E-state index in [2.05, 4.69) is 23.3 Å². The smallest absolute Gasteiger partial charge is 0.330 e. The maximum atomic E-state index is 13.7. The highest BCUT2D eigenvalue weighted by atomic mass is 32.1. The highest BCUT2D eigenvalue weighted by molar-refractivity contribution is 7.78. The summed E-state index contributed by atoms with van der Waals surface area (Å²) in [7, 11) is 0. The largest absolute Gasteiger partial charge is 0.493 e. The Morgan fingerprint density at radius 3 is 1.39 bits per heavy atom. The van der Waals surface area contributed by atoms with E-state index in [0.29, 0.717) is 121 Å². The number of rotatable bonds is 22. The molecule has 7 rings (SSSR count). The monoisotopic (exact) mass is 1020 g/mol. The molecule has 4 aromatic carbocycles. The van der Waals surface area contributed by atoms with Crippen LogP contribution in [-0.4, -0.2) is 72.4 Å². The van der Waals surface area contributed by atoms with Gasteiger partial charge in [0, 0.05) is 30.6 Å². The first kappa shape index (κ1) is 52.3. The number of carbonyl (C=O) groups excluding carboxylic acids is 6. The first-order chi connectivity index (χ1) is 35.0. The number of esters is 6. The van der Waals surface area contributed by atoms with Gasteiger partial charge in [-0.15, -0.1) is 11.3 Å². The predicted molar refractivity (Wildman–Crippen MR) is 269 cm³/mol. The molecular weight excluding hydrogens is 965 g/mol. The van der Waals surface area contributed by atoms with Gasteiger partial charge in [0.15, 0.2) is 11.5 Å².